The van der Waals surface area contributed by atoms with Gasteiger partial charge in [0, 0.05) is 16.9 Å². The number of hydrogen-bond donors (Lipinski definition) is 0. The third kappa shape index (κ3) is 2.48. The Morgan fingerprint density at radius 3 is 2.50 bits per heavy atom. The minimum atomic E-state index is -4.19. The van der Waals surface area contributed by atoms with Gasteiger partial charge in [-0.05, 0) is 15.9 Å². The number of hydrogen-bond acceptors (Lipinski definition) is 4. The summed E-state index contributed by atoms with van der Waals surface area (Å²) in [6.07, 6.45) is -2.29. The van der Waals surface area contributed by atoms with Crippen LogP contribution in [0.4, 0.5) is 8.78 Å². The second kappa shape index (κ2) is 4.61. The maximum atomic E-state index is 12.6. The molecule has 0 bridgehead atoms. The zero-order valence-electron chi connectivity index (χ0n) is 7.29. The molecular weight excluding hydrogens is 330 g/mol. The van der Waals surface area contributed by atoms with Crippen LogP contribution in [-0.2, 0) is 9.05 Å². The van der Waals surface area contributed by atoms with Crippen LogP contribution in [0.2, 0.25) is 0 Å². The van der Waals surface area contributed by atoms with Gasteiger partial charge in [-0.25, -0.2) is 22.2 Å². The molecule has 0 aromatic carbocycles. The number of nitrogens with zero attached hydrogens (tertiary/aromatic N) is 2. The maximum Gasteiger partial charge on any atom is 0.267 e. The SMILES string of the molecule is N#Cc1ncc(S(=O)(=O)Cl)c(Br)c1C(F)F. The molecule has 1 rings (SSSR count). The van der Waals surface area contributed by atoms with E-state index in [1.54, 1.807) is 0 Å². The van der Waals surface area contributed by atoms with Crippen molar-refractivity contribution in [3.05, 3.63) is 21.9 Å². The minimum Gasteiger partial charge on any atom is -0.244 e. The lowest BCUT2D eigenvalue weighted by Gasteiger charge is -2.07. The molecule has 0 unspecified atom stereocenters. The van der Waals surface area contributed by atoms with E-state index in [4.69, 9.17) is 15.9 Å². The van der Waals surface area contributed by atoms with Crippen LogP contribution in [0, 0.1) is 11.3 Å². The summed E-state index contributed by atoms with van der Waals surface area (Å²) >= 11 is 2.67. The molecule has 1 aromatic heterocycles. The van der Waals surface area contributed by atoms with Crippen LogP contribution < -0.4 is 0 Å². The van der Waals surface area contributed by atoms with Gasteiger partial charge in [0.1, 0.15) is 11.0 Å². The van der Waals surface area contributed by atoms with Crippen molar-refractivity contribution < 1.29 is 17.2 Å². The summed E-state index contributed by atoms with van der Waals surface area (Å²) in [5.74, 6) is 0. The van der Waals surface area contributed by atoms with Gasteiger partial charge >= 0.3 is 0 Å². The van der Waals surface area contributed by atoms with E-state index in [1.165, 1.54) is 6.07 Å². The lowest BCUT2D eigenvalue weighted by atomic mass is 10.2. The Bertz CT molecular complexity index is 570. The highest BCUT2D eigenvalue weighted by atomic mass is 79.9. The van der Waals surface area contributed by atoms with Gasteiger partial charge < -0.3 is 0 Å². The van der Waals surface area contributed by atoms with E-state index < -0.39 is 36.1 Å². The van der Waals surface area contributed by atoms with Crippen molar-refractivity contribution in [1.82, 2.24) is 4.98 Å². The molecule has 0 amide bonds. The van der Waals surface area contributed by atoms with Crippen LogP contribution in [0.25, 0.3) is 0 Å². The standard InChI is InChI=1S/C7H2BrClF2N2O2S/c8-6-4(16(9,14)15)2-13-3(1-12)5(6)7(10)11/h2,7H. The average molecular weight is 332 g/mol. The lowest BCUT2D eigenvalue weighted by Crippen LogP contribution is -2.02. The molecule has 0 aliphatic rings. The van der Waals surface area contributed by atoms with Crippen molar-refractivity contribution in [2.45, 2.75) is 11.3 Å². The zero-order valence-corrected chi connectivity index (χ0v) is 10.4. The molecule has 0 saturated heterocycles. The highest BCUT2D eigenvalue weighted by molar-refractivity contribution is 9.10. The highest BCUT2D eigenvalue weighted by Crippen LogP contribution is 2.35. The van der Waals surface area contributed by atoms with Gasteiger partial charge in [-0.3, -0.25) is 0 Å². The molecular formula is C7H2BrClF2N2O2S. The fourth-order valence-electron chi connectivity index (χ4n) is 0.944. The van der Waals surface area contributed by atoms with Gasteiger partial charge in [0.2, 0.25) is 0 Å². The van der Waals surface area contributed by atoms with Gasteiger partial charge in [0.15, 0.2) is 5.69 Å². The number of alkyl halides is 2. The number of pyridine rings is 1. The molecule has 0 atom stereocenters. The predicted octanol–water partition coefficient (Wildman–Crippen LogP) is 2.58. The summed E-state index contributed by atoms with van der Waals surface area (Å²) in [6, 6.07) is 1.44. The van der Waals surface area contributed by atoms with Crippen molar-refractivity contribution in [3.63, 3.8) is 0 Å². The summed E-state index contributed by atoms with van der Waals surface area (Å²) in [5.41, 5.74) is -1.34. The molecule has 0 spiro atoms. The molecule has 0 fully saturated rings. The molecule has 0 N–H and O–H groups in total. The summed E-state index contributed by atoms with van der Waals surface area (Å²) in [6.45, 7) is 0. The van der Waals surface area contributed by atoms with Crippen LogP contribution in [0.3, 0.4) is 0 Å². The maximum absolute atomic E-state index is 12.6. The molecule has 0 saturated carbocycles. The summed E-state index contributed by atoms with van der Waals surface area (Å²) in [5, 5.41) is 8.54. The molecule has 86 valence electrons. The Morgan fingerprint density at radius 2 is 2.12 bits per heavy atom. The fraction of sp³-hybridized carbons (Fsp3) is 0.143. The molecule has 1 heterocycles. The predicted molar refractivity (Wildman–Crippen MR) is 54.6 cm³/mol. The van der Waals surface area contributed by atoms with Crippen molar-refractivity contribution in [3.8, 4) is 6.07 Å². The van der Waals surface area contributed by atoms with E-state index in [9.17, 15) is 17.2 Å². The molecule has 4 nitrogen and oxygen atoms in total. The molecule has 0 radical (unpaired) electrons. The summed E-state index contributed by atoms with van der Waals surface area (Å²) in [4.78, 5) is 2.72. The summed E-state index contributed by atoms with van der Waals surface area (Å²) < 4.78 is 46.7. The van der Waals surface area contributed by atoms with E-state index in [-0.39, 0.29) is 0 Å². The van der Waals surface area contributed by atoms with Crippen molar-refractivity contribution in [1.29, 1.82) is 5.26 Å². The van der Waals surface area contributed by atoms with E-state index in [0.717, 1.165) is 6.20 Å². The Hall–Kier alpha value is -0.780. The van der Waals surface area contributed by atoms with Gasteiger partial charge in [-0.1, -0.05) is 0 Å². The molecule has 9 heteroatoms. The third-order valence-electron chi connectivity index (χ3n) is 1.61. The number of nitriles is 1. The van der Waals surface area contributed by atoms with E-state index >= 15 is 0 Å². The van der Waals surface area contributed by atoms with Crippen LogP contribution in [0.15, 0.2) is 15.6 Å². The second-order valence-corrected chi connectivity index (χ2v) is 5.88. The van der Waals surface area contributed by atoms with Crippen molar-refractivity contribution in [2.24, 2.45) is 0 Å². The first kappa shape index (κ1) is 13.3. The Labute approximate surface area is 102 Å². The Balaban J connectivity index is 3.65. The van der Waals surface area contributed by atoms with Gasteiger partial charge in [-0.15, -0.1) is 0 Å². The fourth-order valence-corrected chi connectivity index (χ4v) is 3.18. The van der Waals surface area contributed by atoms with Gasteiger partial charge in [0.25, 0.3) is 15.5 Å². The minimum absolute atomic E-state index is 0.441. The van der Waals surface area contributed by atoms with Gasteiger partial charge in [0.05, 0.1) is 10.0 Å². The molecule has 1 aromatic rings. The third-order valence-corrected chi connectivity index (χ3v) is 4.06. The van der Waals surface area contributed by atoms with Crippen LogP contribution in [-0.4, -0.2) is 13.4 Å². The molecule has 0 aliphatic heterocycles. The van der Waals surface area contributed by atoms with E-state index in [1.807, 2.05) is 0 Å². The van der Waals surface area contributed by atoms with Crippen LogP contribution in [0.5, 0.6) is 0 Å². The largest absolute Gasteiger partial charge is 0.267 e. The van der Waals surface area contributed by atoms with E-state index in [0.29, 0.717) is 0 Å². The highest BCUT2D eigenvalue weighted by Gasteiger charge is 2.25. The smallest absolute Gasteiger partial charge is 0.244 e. The topological polar surface area (TPSA) is 70.8 Å². The monoisotopic (exact) mass is 330 g/mol. The Kier molecular flexibility index (Phi) is 3.83. The number of halogens is 4. The van der Waals surface area contributed by atoms with Gasteiger partial charge in [-0.2, -0.15) is 5.26 Å². The number of aromatic nitrogens is 1. The second-order valence-electron chi connectivity index (χ2n) is 2.55. The number of rotatable bonds is 2. The Morgan fingerprint density at radius 1 is 1.56 bits per heavy atom. The van der Waals surface area contributed by atoms with Crippen molar-refractivity contribution in [2.75, 3.05) is 0 Å². The lowest BCUT2D eigenvalue weighted by molar-refractivity contribution is 0.149. The van der Waals surface area contributed by atoms with E-state index in [2.05, 4.69) is 20.9 Å². The zero-order chi connectivity index (χ0) is 12.5. The normalized spacial score (nSPS) is 11.5. The quantitative estimate of drug-likeness (QED) is 0.781. The summed E-state index contributed by atoms with van der Waals surface area (Å²) in [7, 11) is 0.816. The molecule has 16 heavy (non-hydrogen) atoms. The first-order valence-corrected chi connectivity index (χ1v) is 6.70. The first-order chi connectivity index (χ1) is 7.29. The average Bonchev–Trinajstić information content (AvgIpc) is 2.14. The van der Waals surface area contributed by atoms with Crippen LogP contribution >= 0.6 is 26.6 Å². The van der Waals surface area contributed by atoms with Crippen molar-refractivity contribution >= 4 is 35.7 Å². The first-order valence-electron chi connectivity index (χ1n) is 3.60. The van der Waals surface area contributed by atoms with Crippen LogP contribution in [0.1, 0.15) is 17.7 Å². The molecule has 0 aliphatic carbocycles.